The highest BCUT2D eigenvalue weighted by Gasteiger charge is 2.65. The standard InChI is InChI=1S/C20H23NO4/c1-5-20(14-10-7-6-8-11-14)16(15-12-9-13-24-15)21(17(20)22)18(23)25-19(2,3)4/h6-13,16H,5H2,1-4H3/t16-,20+/m1/s1. The van der Waals surface area contributed by atoms with Crippen molar-refractivity contribution in [1.82, 2.24) is 4.90 Å². The fourth-order valence-corrected chi connectivity index (χ4v) is 3.49. The van der Waals surface area contributed by atoms with Gasteiger partial charge in [0.1, 0.15) is 22.8 Å². The quantitative estimate of drug-likeness (QED) is 0.774. The van der Waals surface area contributed by atoms with E-state index in [2.05, 4.69) is 0 Å². The minimum absolute atomic E-state index is 0.253. The van der Waals surface area contributed by atoms with E-state index in [9.17, 15) is 9.59 Å². The molecule has 1 fully saturated rings. The third kappa shape index (κ3) is 2.73. The van der Waals surface area contributed by atoms with Gasteiger partial charge in [-0.1, -0.05) is 37.3 Å². The van der Waals surface area contributed by atoms with E-state index in [-0.39, 0.29) is 5.91 Å². The number of ether oxygens (including phenoxy) is 1. The van der Waals surface area contributed by atoms with Gasteiger partial charge in [-0.2, -0.15) is 0 Å². The molecule has 0 aliphatic carbocycles. The zero-order chi connectivity index (χ0) is 18.2. The highest BCUT2D eigenvalue weighted by Crippen LogP contribution is 2.54. The lowest BCUT2D eigenvalue weighted by Gasteiger charge is -2.53. The SMILES string of the molecule is CC[C@@]1(c2ccccc2)C(=O)N(C(=O)OC(C)(C)C)[C@@H]1c1ccco1. The average Bonchev–Trinajstić information content (AvgIpc) is 3.06. The molecule has 1 aliphatic heterocycles. The molecule has 0 saturated carbocycles. The van der Waals surface area contributed by atoms with Crippen molar-refractivity contribution < 1.29 is 18.7 Å². The van der Waals surface area contributed by atoms with Gasteiger partial charge < -0.3 is 9.15 Å². The Kier molecular flexibility index (Phi) is 4.19. The first kappa shape index (κ1) is 17.3. The number of rotatable bonds is 3. The summed E-state index contributed by atoms with van der Waals surface area (Å²) in [4.78, 5) is 26.9. The monoisotopic (exact) mass is 341 g/mol. The number of furan rings is 1. The van der Waals surface area contributed by atoms with Crippen LogP contribution in [-0.2, 0) is 14.9 Å². The number of benzene rings is 1. The molecule has 0 radical (unpaired) electrons. The minimum atomic E-state index is -0.823. The Bertz CT molecular complexity index is 761. The number of imide groups is 1. The Morgan fingerprint density at radius 3 is 2.40 bits per heavy atom. The number of carbonyl (C=O) groups is 2. The molecule has 2 aromatic rings. The van der Waals surface area contributed by atoms with Crippen molar-refractivity contribution >= 4 is 12.0 Å². The molecule has 5 heteroatoms. The molecule has 25 heavy (non-hydrogen) atoms. The summed E-state index contributed by atoms with van der Waals surface area (Å²) in [6.07, 6.45) is 1.47. The number of nitrogens with zero attached hydrogens (tertiary/aromatic N) is 1. The van der Waals surface area contributed by atoms with E-state index in [0.717, 1.165) is 5.56 Å². The number of hydrogen-bond acceptors (Lipinski definition) is 4. The molecule has 0 unspecified atom stereocenters. The van der Waals surface area contributed by atoms with Crippen LogP contribution in [0.3, 0.4) is 0 Å². The summed E-state index contributed by atoms with van der Waals surface area (Å²) in [5.41, 5.74) is -0.623. The van der Waals surface area contributed by atoms with Gasteiger partial charge in [-0.25, -0.2) is 9.69 Å². The van der Waals surface area contributed by atoms with Gasteiger partial charge in [0.2, 0.25) is 5.91 Å². The van der Waals surface area contributed by atoms with Gasteiger partial charge in [0.25, 0.3) is 0 Å². The number of amides is 2. The van der Waals surface area contributed by atoms with Crippen LogP contribution in [0.1, 0.15) is 51.5 Å². The van der Waals surface area contributed by atoms with Gasteiger partial charge >= 0.3 is 6.09 Å². The number of carbonyl (C=O) groups excluding carboxylic acids is 2. The van der Waals surface area contributed by atoms with Gasteiger partial charge in [-0.05, 0) is 44.9 Å². The Labute approximate surface area is 147 Å². The van der Waals surface area contributed by atoms with E-state index in [1.165, 1.54) is 4.90 Å². The Morgan fingerprint density at radius 2 is 1.88 bits per heavy atom. The van der Waals surface area contributed by atoms with Crippen molar-refractivity contribution in [1.29, 1.82) is 0 Å². The molecule has 1 aromatic carbocycles. The van der Waals surface area contributed by atoms with Crippen molar-refractivity contribution in [2.45, 2.75) is 51.2 Å². The van der Waals surface area contributed by atoms with Crippen LogP contribution in [0, 0.1) is 0 Å². The summed E-state index contributed by atoms with van der Waals surface area (Å²) >= 11 is 0. The number of hydrogen-bond donors (Lipinski definition) is 0. The normalized spacial score (nSPS) is 23.3. The lowest BCUT2D eigenvalue weighted by Crippen LogP contribution is -2.67. The zero-order valence-corrected chi connectivity index (χ0v) is 15.0. The summed E-state index contributed by atoms with van der Waals surface area (Å²) in [5, 5.41) is 0. The second-order valence-corrected chi connectivity index (χ2v) is 7.26. The minimum Gasteiger partial charge on any atom is -0.467 e. The smallest absolute Gasteiger partial charge is 0.417 e. The van der Waals surface area contributed by atoms with Crippen LogP contribution in [0.2, 0.25) is 0 Å². The summed E-state index contributed by atoms with van der Waals surface area (Å²) in [7, 11) is 0. The summed E-state index contributed by atoms with van der Waals surface area (Å²) in [6, 6.07) is 12.6. The molecule has 5 nitrogen and oxygen atoms in total. The summed E-state index contributed by atoms with van der Waals surface area (Å²) in [5.74, 6) is 0.327. The second kappa shape index (κ2) is 6.06. The third-order valence-electron chi connectivity index (χ3n) is 4.57. The third-order valence-corrected chi connectivity index (χ3v) is 4.57. The first-order valence-corrected chi connectivity index (χ1v) is 8.47. The second-order valence-electron chi connectivity index (χ2n) is 7.26. The summed E-state index contributed by atoms with van der Waals surface area (Å²) < 4.78 is 11.0. The van der Waals surface area contributed by atoms with Crippen molar-refractivity contribution in [3.8, 4) is 0 Å². The van der Waals surface area contributed by atoms with Crippen LogP contribution in [0.15, 0.2) is 53.1 Å². The number of β-lactam (4-membered cyclic amide) rings is 1. The average molecular weight is 341 g/mol. The van der Waals surface area contributed by atoms with Crippen LogP contribution in [0.5, 0.6) is 0 Å². The van der Waals surface area contributed by atoms with E-state index < -0.39 is 23.2 Å². The van der Waals surface area contributed by atoms with Crippen LogP contribution < -0.4 is 0 Å². The molecule has 0 N–H and O–H groups in total. The van der Waals surface area contributed by atoms with Crippen LogP contribution in [0.25, 0.3) is 0 Å². The molecule has 2 atom stereocenters. The van der Waals surface area contributed by atoms with E-state index in [1.54, 1.807) is 39.2 Å². The molecule has 1 aliphatic rings. The van der Waals surface area contributed by atoms with Gasteiger partial charge in [-0.3, -0.25) is 4.79 Å². The van der Waals surface area contributed by atoms with E-state index >= 15 is 0 Å². The lowest BCUT2D eigenvalue weighted by atomic mass is 9.63. The first-order chi connectivity index (χ1) is 11.8. The van der Waals surface area contributed by atoms with Crippen molar-refractivity contribution in [2.24, 2.45) is 0 Å². The van der Waals surface area contributed by atoms with Crippen molar-refractivity contribution in [3.05, 3.63) is 60.1 Å². The van der Waals surface area contributed by atoms with Gasteiger partial charge in [0.15, 0.2) is 0 Å². The largest absolute Gasteiger partial charge is 0.467 e. The fourth-order valence-electron chi connectivity index (χ4n) is 3.49. The molecule has 1 saturated heterocycles. The topological polar surface area (TPSA) is 59.8 Å². The van der Waals surface area contributed by atoms with Crippen molar-refractivity contribution in [3.63, 3.8) is 0 Å². The predicted octanol–water partition coefficient (Wildman–Crippen LogP) is 4.45. The molecule has 0 bridgehead atoms. The molecular formula is C20H23NO4. The Morgan fingerprint density at radius 1 is 1.20 bits per heavy atom. The van der Waals surface area contributed by atoms with Crippen LogP contribution in [0.4, 0.5) is 4.79 Å². The molecular weight excluding hydrogens is 318 g/mol. The summed E-state index contributed by atoms with van der Waals surface area (Å²) in [6.45, 7) is 7.29. The van der Waals surface area contributed by atoms with Crippen molar-refractivity contribution in [2.75, 3.05) is 0 Å². The molecule has 0 spiro atoms. The van der Waals surface area contributed by atoms with Gasteiger partial charge in [-0.15, -0.1) is 0 Å². The zero-order valence-electron chi connectivity index (χ0n) is 15.0. The first-order valence-electron chi connectivity index (χ1n) is 8.47. The Hall–Kier alpha value is -2.56. The molecule has 1 aromatic heterocycles. The highest BCUT2D eigenvalue weighted by molar-refractivity contribution is 6.05. The lowest BCUT2D eigenvalue weighted by molar-refractivity contribution is -0.161. The Balaban J connectivity index is 2.05. The van der Waals surface area contributed by atoms with Gasteiger partial charge in [0, 0.05) is 0 Å². The maximum atomic E-state index is 13.1. The molecule has 3 rings (SSSR count). The van der Waals surface area contributed by atoms with Crippen LogP contribution >= 0.6 is 0 Å². The number of likely N-dealkylation sites (tertiary alicyclic amines) is 1. The van der Waals surface area contributed by atoms with E-state index in [4.69, 9.17) is 9.15 Å². The maximum absolute atomic E-state index is 13.1. The predicted molar refractivity (Wildman–Crippen MR) is 92.9 cm³/mol. The highest BCUT2D eigenvalue weighted by atomic mass is 16.6. The maximum Gasteiger partial charge on any atom is 0.417 e. The van der Waals surface area contributed by atoms with Crippen LogP contribution in [-0.4, -0.2) is 22.5 Å². The fraction of sp³-hybridized carbons (Fsp3) is 0.400. The van der Waals surface area contributed by atoms with E-state index in [0.29, 0.717) is 12.2 Å². The molecule has 2 amide bonds. The molecule has 132 valence electrons. The molecule has 2 heterocycles. The van der Waals surface area contributed by atoms with E-state index in [1.807, 2.05) is 37.3 Å². The van der Waals surface area contributed by atoms with Gasteiger partial charge in [0.05, 0.1) is 6.26 Å².